The lowest BCUT2D eigenvalue weighted by Crippen LogP contribution is -2.38. The van der Waals surface area contributed by atoms with Crippen LogP contribution in [-0.4, -0.2) is 31.5 Å². The number of guanidine groups is 1. The summed E-state index contributed by atoms with van der Waals surface area (Å²) in [6.45, 7) is 2.41. The molecular formula is C15H21F4N3S. The zero-order valence-electron chi connectivity index (χ0n) is 13.1. The number of halogens is 4. The summed E-state index contributed by atoms with van der Waals surface area (Å²) in [7, 11) is 0. The monoisotopic (exact) mass is 351 g/mol. The largest absolute Gasteiger partial charge is 0.390 e. The second-order valence-electron chi connectivity index (χ2n) is 4.83. The third kappa shape index (κ3) is 8.11. The van der Waals surface area contributed by atoms with Gasteiger partial charge in [0.15, 0.2) is 5.96 Å². The molecule has 0 heterocycles. The van der Waals surface area contributed by atoms with Crippen LogP contribution in [0.15, 0.2) is 23.2 Å². The maximum absolute atomic E-state index is 13.3. The van der Waals surface area contributed by atoms with E-state index >= 15 is 0 Å². The molecule has 0 unspecified atom stereocenters. The second kappa shape index (κ2) is 9.64. The molecule has 130 valence electrons. The molecule has 0 saturated carbocycles. The van der Waals surface area contributed by atoms with Gasteiger partial charge < -0.3 is 10.6 Å². The van der Waals surface area contributed by atoms with Crippen LogP contribution < -0.4 is 10.6 Å². The number of hydrogen-bond donors (Lipinski definition) is 2. The van der Waals surface area contributed by atoms with E-state index in [1.165, 1.54) is 12.1 Å². The van der Waals surface area contributed by atoms with E-state index < -0.39 is 12.6 Å². The number of hydrogen-bond acceptors (Lipinski definition) is 2. The predicted octanol–water partition coefficient (Wildman–Crippen LogP) is 3.70. The zero-order valence-corrected chi connectivity index (χ0v) is 14.0. The molecule has 0 atom stereocenters. The molecule has 1 aromatic carbocycles. The number of aliphatic imine (C=N–C) groups is 1. The van der Waals surface area contributed by atoms with Crippen molar-refractivity contribution < 1.29 is 17.6 Å². The number of nitrogens with zero attached hydrogens (tertiary/aromatic N) is 1. The Kier molecular flexibility index (Phi) is 8.22. The highest BCUT2D eigenvalue weighted by Crippen LogP contribution is 2.19. The fraction of sp³-hybridized carbons (Fsp3) is 0.533. The Morgan fingerprint density at radius 3 is 2.57 bits per heavy atom. The maximum atomic E-state index is 13.3. The fourth-order valence-corrected chi connectivity index (χ4v) is 2.45. The molecule has 0 aromatic heterocycles. The molecule has 0 aliphatic heterocycles. The summed E-state index contributed by atoms with van der Waals surface area (Å²) in [5.74, 6) is 0.661. The molecule has 0 aliphatic rings. The summed E-state index contributed by atoms with van der Waals surface area (Å²) in [4.78, 5) is 4.27. The smallest absolute Gasteiger partial charge is 0.357 e. The van der Waals surface area contributed by atoms with Gasteiger partial charge in [0.1, 0.15) is 5.82 Å². The molecule has 8 heteroatoms. The lowest BCUT2D eigenvalue weighted by Gasteiger charge is -2.13. The normalized spacial score (nSPS) is 12.3. The van der Waals surface area contributed by atoms with Gasteiger partial charge in [-0.15, -0.1) is 0 Å². The van der Waals surface area contributed by atoms with Crippen molar-refractivity contribution in [1.29, 1.82) is 0 Å². The predicted molar refractivity (Wildman–Crippen MR) is 87.1 cm³/mol. The molecule has 1 aromatic rings. The summed E-state index contributed by atoms with van der Waals surface area (Å²) >= 11 is 1.57. The Morgan fingerprint density at radius 2 is 1.96 bits per heavy atom. The Hall–Kier alpha value is -1.44. The highest BCUT2D eigenvalue weighted by atomic mass is 32.2. The Morgan fingerprint density at radius 1 is 1.22 bits per heavy atom. The van der Waals surface area contributed by atoms with E-state index in [0.717, 1.165) is 11.1 Å². The molecule has 0 fully saturated rings. The number of alkyl halides is 3. The summed E-state index contributed by atoms with van der Waals surface area (Å²) in [6, 6.07) is 4.48. The third-order valence-electron chi connectivity index (χ3n) is 2.92. The van der Waals surface area contributed by atoms with Gasteiger partial charge in [-0.25, -0.2) is 9.38 Å². The third-order valence-corrected chi connectivity index (χ3v) is 3.52. The minimum Gasteiger partial charge on any atom is -0.357 e. The Balaban J connectivity index is 2.73. The first-order chi connectivity index (χ1) is 10.9. The first-order valence-electron chi connectivity index (χ1n) is 7.21. The van der Waals surface area contributed by atoms with Gasteiger partial charge in [0.25, 0.3) is 0 Å². The van der Waals surface area contributed by atoms with Gasteiger partial charge in [-0.2, -0.15) is 24.9 Å². The summed E-state index contributed by atoms with van der Waals surface area (Å²) < 4.78 is 49.8. The zero-order chi connectivity index (χ0) is 17.3. The van der Waals surface area contributed by atoms with Gasteiger partial charge in [-0.1, -0.05) is 6.07 Å². The lowest BCUT2D eigenvalue weighted by molar-refractivity contribution is -0.132. The van der Waals surface area contributed by atoms with Crippen LogP contribution in [0.5, 0.6) is 0 Å². The molecule has 2 N–H and O–H groups in total. The van der Waals surface area contributed by atoms with Crippen LogP contribution in [0.1, 0.15) is 24.5 Å². The van der Waals surface area contributed by atoms with Crippen molar-refractivity contribution in [3.63, 3.8) is 0 Å². The van der Waals surface area contributed by atoms with E-state index in [4.69, 9.17) is 0 Å². The Bertz CT molecular complexity index is 518. The van der Waals surface area contributed by atoms with E-state index in [-0.39, 0.29) is 18.9 Å². The molecule has 0 amide bonds. The van der Waals surface area contributed by atoms with Gasteiger partial charge in [0.05, 0.1) is 13.0 Å². The summed E-state index contributed by atoms with van der Waals surface area (Å²) in [6.07, 6.45) is -3.21. The average Bonchev–Trinajstić information content (AvgIpc) is 2.45. The minimum atomic E-state index is -4.20. The number of rotatable bonds is 7. The van der Waals surface area contributed by atoms with Crippen LogP contribution in [0.4, 0.5) is 17.6 Å². The average molecular weight is 351 g/mol. The van der Waals surface area contributed by atoms with Crippen molar-refractivity contribution in [2.45, 2.75) is 31.8 Å². The molecule has 3 nitrogen and oxygen atoms in total. The van der Waals surface area contributed by atoms with Crippen LogP contribution in [0.25, 0.3) is 0 Å². The van der Waals surface area contributed by atoms with E-state index in [2.05, 4.69) is 15.6 Å². The standard InChI is InChI=1S/C15H21F4N3S/c1-3-20-14(21-7-6-15(17,18)19)22-9-11-4-5-13(16)8-12(11)10-23-2/h4-5,8H,3,6-7,9-10H2,1-2H3,(H2,20,21,22). The van der Waals surface area contributed by atoms with Gasteiger partial charge in [-0.3, -0.25) is 0 Å². The highest BCUT2D eigenvalue weighted by Gasteiger charge is 2.26. The van der Waals surface area contributed by atoms with Crippen LogP contribution in [0, 0.1) is 5.82 Å². The number of thioether (sulfide) groups is 1. The van der Waals surface area contributed by atoms with E-state index in [1.54, 1.807) is 17.8 Å². The molecule has 0 aliphatic carbocycles. The molecular weight excluding hydrogens is 330 g/mol. The summed E-state index contributed by atoms with van der Waals surface area (Å²) in [5, 5.41) is 5.54. The fourth-order valence-electron chi connectivity index (χ4n) is 1.87. The van der Waals surface area contributed by atoms with E-state index in [1.807, 2.05) is 13.2 Å². The van der Waals surface area contributed by atoms with Gasteiger partial charge in [-0.05, 0) is 36.4 Å². The summed E-state index contributed by atoms with van der Waals surface area (Å²) in [5.41, 5.74) is 1.70. The van der Waals surface area contributed by atoms with Gasteiger partial charge >= 0.3 is 6.18 Å². The topological polar surface area (TPSA) is 36.4 Å². The van der Waals surface area contributed by atoms with E-state index in [0.29, 0.717) is 18.3 Å². The van der Waals surface area contributed by atoms with Crippen LogP contribution in [0.3, 0.4) is 0 Å². The first kappa shape index (κ1) is 19.6. The van der Waals surface area contributed by atoms with Crippen molar-refractivity contribution in [3.05, 3.63) is 35.1 Å². The molecule has 0 saturated heterocycles. The van der Waals surface area contributed by atoms with Crippen molar-refractivity contribution in [1.82, 2.24) is 10.6 Å². The number of nitrogens with one attached hydrogen (secondary N) is 2. The van der Waals surface area contributed by atoms with Crippen LogP contribution >= 0.6 is 11.8 Å². The van der Waals surface area contributed by atoms with E-state index in [9.17, 15) is 17.6 Å². The second-order valence-corrected chi connectivity index (χ2v) is 5.70. The number of benzene rings is 1. The molecule has 23 heavy (non-hydrogen) atoms. The SMILES string of the molecule is CCNC(=NCc1ccc(F)cc1CSC)NCCC(F)(F)F. The van der Waals surface area contributed by atoms with Gasteiger partial charge in [0.2, 0.25) is 0 Å². The lowest BCUT2D eigenvalue weighted by atomic mass is 10.1. The molecule has 1 rings (SSSR count). The Labute approximate surface area is 137 Å². The first-order valence-corrected chi connectivity index (χ1v) is 8.60. The maximum Gasteiger partial charge on any atom is 0.390 e. The van der Waals surface area contributed by atoms with Gasteiger partial charge in [0, 0.05) is 18.8 Å². The molecule has 0 radical (unpaired) electrons. The van der Waals surface area contributed by atoms with Crippen molar-refractivity contribution in [2.24, 2.45) is 4.99 Å². The van der Waals surface area contributed by atoms with Crippen molar-refractivity contribution in [2.75, 3.05) is 19.3 Å². The molecule has 0 spiro atoms. The highest BCUT2D eigenvalue weighted by molar-refractivity contribution is 7.97. The quantitative estimate of drug-likeness (QED) is 0.447. The minimum absolute atomic E-state index is 0.240. The van der Waals surface area contributed by atoms with Crippen LogP contribution in [0.2, 0.25) is 0 Å². The molecule has 0 bridgehead atoms. The van der Waals surface area contributed by atoms with Crippen molar-refractivity contribution >= 4 is 17.7 Å². The van der Waals surface area contributed by atoms with Crippen LogP contribution in [-0.2, 0) is 12.3 Å². The van der Waals surface area contributed by atoms with Crippen molar-refractivity contribution in [3.8, 4) is 0 Å².